The molecule has 0 saturated carbocycles. The van der Waals surface area contributed by atoms with Crippen LogP contribution in [-0.2, 0) is 9.59 Å². The maximum absolute atomic E-state index is 13.3. The lowest BCUT2D eigenvalue weighted by molar-refractivity contribution is -0.115. The highest BCUT2D eigenvalue weighted by Gasteiger charge is 2.18. The minimum absolute atomic E-state index is 0.0564. The molecule has 0 aliphatic rings. The summed E-state index contributed by atoms with van der Waals surface area (Å²) in [6.07, 6.45) is 4.81. The Labute approximate surface area is 254 Å². The third-order valence-corrected chi connectivity index (χ3v) is 7.27. The van der Waals surface area contributed by atoms with E-state index in [1.807, 2.05) is 78.9 Å². The fourth-order valence-electron chi connectivity index (χ4n) is 4.20. The molecule has 0 atom stereocenters. The molecule has 0 saturated heterocycles. The number of thioether (sulfide) groups is 1. The van der Waals surface area contributed by atoms with Crippen molar-refractivity contribution in [3.63, 3.8) is 0 Å². The maximum Gasteiger partial charge on any atom is 0.272 e. The molecule has 0 spiro atoms. The number of nitrogens with zero attached hydrogens (tertiary/aromatic N) is 2. The number of para-hydroxylation sites is 2. The van der Waals surface area contributed by atoms with E-state index >= 15 is 0 Å². The largest absolute Gasteiger partial charge is 0.321 e. The van der Waals surface area contributed by atoms with E-state index < -0.39 is 11.8 Å². The summed E-state index contributed by atoms with van der Waals surface area (Å²) in [6.45, 7) is 0. The third-order valence-electron chi connectivity index (χ3n) is 6.28. The Hall–Kier alpha value is -5.47. The van der Waals surface area contributed by atoms with Gasteiger partial charge in [0.15, 0.2) is 0 Å². The molecule has 2 N–H and O–H groups in total. The number of hydrogen-bond acceptors (Lipinski definition) is 5. The van der Waals surface area contributed by atoms with Gasteiger partial charge < -0.3 is 10.6 Å². The van der Waals surface area contributed by atoms with Crippen LogP contribution in [0.1, 0.15) is 15.9 Å². The molecule has 0 aliphatic carbocycles. The summed E-state index contributed by atoms with van der Waals surface area (Å²) in [5, 5.41) is 5.57. The normalized spacial score (nSPS) is 10.9. The lowest BCUT2D eigenvalue weighted by Gasteiger charge is -2.23. The minimum Gasteiger partial charge on any atom is -0.321 e. The highest BCUT2D eigenvalue weighted by molar-refractivity contribution is 8.00. The van der Waals surface area contributed by atoms with Crippen LogP contribution in [0.5, 0.6) is 0 Å². The van der Waals surface area contributed by atoms with E-state index in [2.05, 4.69) is 15.6 Å². The second kappa shape index (κ2) is 14.4. The van der Waals surface area contributed by atoms with Crippen molar-refractivity contribution >= 4 is 52.6 Å². The minimum atomic E-state index is -0.481. The van der Waals surface area contributed by atoms with Crippen molar-refractivity contribution in [1.82, 2.24) is 10.3 Å². The van der Waals surface area contributed by atoms with Gasteiger partial charge in [0.2, 0.25) is 5.91 Å². The molecule has 0 fully saturated rings. The highest BCUT2D eigenvalue weighted by Crippen LogP contribution is 2.28. The van der Waals surface area contributed by atoms with Crippen LogP contribution in [0.25, 0.3) is 6.08 Å². The van der Waals surface area contributed by atoms with Gasteiger partial charge in [-0.1, -0.05) is 60.7 Å². The van der Waals surface area contributed by atoms with Crippen molar-refractivity contribution in [3.05, 3.63) is 157 Å². The number of carbonyl (C=O) groups excluding carboxylic acids is 3. The number of hydrogen-bond donors (Lipinski definition) is 2. The zero-order valence-electron chi connectivity index (χ0n) is 23.1. The van der Waals surface area contributed by atoms with E-state index in [9.17, 15) is 14.4 Å². The fraction of sp³-hybridized carbons (Fsp3) is 0.0286. The van der Waals surface area contributed by atoms with Crippen molar-refractivity contribution in [1.29, 1.82) is 0 Å². The van der Waals surface area contributed by atoms with Crippen molar-refractivity contribution in [2.75, 3.05) is 16.0 Å². The summed E-state index contributed by atoms with van der Waals surface area (Å²) in [4.78, 5) is 46.1. The average Bonchev–Trinajstić information content (AvgIpc) is 3.06. The Morgan fingerprint density at radius 2 is 1.33 bits per heavy atom. The number of carbonyl (C=O) groups is 3. The predicted molar refractivity (Wildman–Crippen MR) is 172 cm³/mol. The molecule has 43 heavy (non-hydrogen) atoms. The van der Waals surface area contributed by atoms with Crippen LogP contribution in [-0.4, -0.2) is 28.5 Å². The molecular weight excluding hydrogens is 556 g/mol. The van der Waals surface area contributed by atoms with Gasteiger partial charge in [-0.05, 0) is 78.4 Å². The molecule has 0 unspecified atom stereocenters. The van der Waals surface area contributed by atoms with Crippen LogP contribution >= 0.6 is 11.8 Å². The van der Waals surface area contributed by atoms with Gasteiger partial charge in [0.1, 0.15) is 5.70 Å². The van der Waals surface area contributed by atoms with Gasteiger partial charge in [0, 0.05) is 39.9 Å². The second-order valence-electron chi connectivity index (χ2n) is 9.33. The molecule has 4 aromatic carbocycles. The Morgan fingerprint density at radius 1 is 0.721 bits per heavy atom. The molecule has 0 aliphatic heterocycles. The van der Waals surface area contributed by atoms with Crippen LogP contribution in [0.2, 0.25) is 0 Å². The number of benzene rings is 4. The summed E-state index contributed by atoms with van der Waals surface area (Å²) < 4.78 is 0. The first-order valence-electron chi connectivity index (χ1n) is 13.5. The quantitative estimate of drug-likeness (QED) is 0.137. The van der Waals surface area contributed by atoms with Crippen LogP contribution in [0.4, 0.5) is 17.1 Å². The monoisotopic (exact) mass is 584 g/mol. The zero-order chi connectivity index (χ0) is 29.9. The van der Waals surface area contributed by atoms with Gasteiger partial charge in [-0.15, -0.1) is 11.8 Å². The molecule has 1 aromatic heterocycles. The lowest BCUT2D eigenvalue weighted by atomic mass is 10.2. The number of amides is 3. The first-order valence-corrected chi connectivity index (χ1v) is 14.5. The van der Waals surface area contributed by atoms with E-state index in [0.29, 0.717) is 16.8 Å². The maximum atomic E-state index is 13.3. The fourth-order valence-corrected chi connectivity index (χ4v) is 4.95. The summed E-state index contributed by atoms with van der Waals surface area (Å²) in [5.41, 5.74) is 3.31. The summed E-state index contributed by atoms with van der Waals surface area (Å²) in [7, 11) is 0. The Morgan fingerprint density at radius 3 is 1.91 bits per heavy atom. The molecule has 0 radical (unpaired) electrons. The first-order chi connectivity index (χ1) is 21.1. The first kappa shape index (κ1) is 29.0. The zero-order valence-corrected chi connectivity index (χ0v) is 23.9. The molecule has 5 rings (SSSR count). The molecule has 8 heteroatoms. The van der Waals surface area contributed by atoms with Crippen LogP contribution < -0.4 is 15.5 Å². The van der Waals surface area contributed by atoms with Gasteiger partial charge >= 0.3 is 0 Å². The van der Waals surface area contributed by atoms with Gasteiger partial charge in [0.05, 0.1) is 5.75 Å². The van der Waals surface area contributed by atoms with Crippen molar-refractivity contribution < 1.29 is 14.4 Å². The number of rotatable bonds is 10. The average molecular weight is 585 g/mol. The summed E-state index contributed by atoms with van der Waals surface area (Å²) in [5.74, 6) is -0.717. The van der Waals surface area contributed by atoms with Crippen LogP contribution in [0.3, 0.4) is 0 Å². The molecule has 0 bridgehead atoms. The molecular formula is C35H28N4O3S. The molecule has 1 heterocycles. The Balaban J connectivity index is 1.25. The van der Waals surface area contributed by atoms with Crippen LogP contribution in [0, 0.1) is 0 Å². The Bertz CT molecular complexity index is 1660. The highest BCUT2D eigenvalue weighted by atomic mass is 32.2. The number of anilines is 3. The van der Waals surface area contributed by atoms with Gasteiger partial charge in [-0.2, -0.15) is 0 Å². The van der Waals surface area contributed by atoms with Gasteiger partial charge in [-0.25, -0.2) is 0 Å². The second-order valence-corrected chi connectivity index (χ2v) is 10.4. The molecule has 3 amide bonds. The number of nitrogens with one attached hydrogen (secondary N) is 2. The van der Waals surface area contributed by atoms with Gasteiger partial charge in [-0.3, -0.25) is 24.3 Å². The van der Waals surface area contributed by atoms with E-state index in [4.69, 9.17) is 0 Å². The van der Waals surface area contributed by atoms with Crippen molar-refractivity contribution in [2.45, 2.75) is 4.90 Å². The third kappa shape index (κ3) is 8.06. The molecule has 7 nitrogen and oxygen atoms in total. The van der Waals surface area contributed by atoms with E-state index in [1.54, 1.807) is 71.9 Å². The predicted octanol–water partition coefficient (Wildman–Crippen LogP) is 6.95. The topological polar surface area (TPSA) is 91.4 Å². The SMILES string of the molecule is O=C(Nc1ccc(SCC(=O)N(c2ccccc2)c2ccccc2)cc1)/C(=C/c1cccnc1)NC(=O)c1ccccc1. The van der Waals surface area contributed by atoms with E-state index in [-0.39, 0.29) is 17.4 Å². The van der Waals surface area contributed by atoms with E-state index in [1.165, 1.54) is 11.8 Å². The standard InChI is InChI=1S/C35H28N4O3S/c40-33(39(29-14-6-2-7-15-29)30-16-8-3-9-17-30)25-43-31-20-18-28(19-21-31)37-35(42)32(23-26-11-10-22-36-24-26)38-34(41)27-12-4-1-5-13-27/h1-24H,25H2,(H,37,42)(H,38,41)/b32-23-. The van der Waals surface area contributed by atoms with Gasteiger partial charge in [0.25, 0.3) is 11.8 Å². The summed E-state index contributed by atoms with van der Waals surface area (Å²) >= 11 is 1.41. The lowest BCUT2D eigenvalue weighted by Crippen LogP contribution is -2.30. The number of pyridine rings is 1. The Kier molecular flexibility index (Phi) is 9.74. The van der Waals surface area contributed by atoms with Crippen molar-refractivity contribution in [3.8, 4) is 0 Å². The van der Waals surface area contributed by atoms with Crippen LogP contribution in [0.15, 0.2) is 150 Å². The number of aromatic nitrogens is 1. The molecule has 5 aromatic rings. The van der Waals surface area contributed by atoms with E-state index in [0.717, 1.165) is 16.3 Å². The smallest absolute Gasteiger partial charge is 0.272 e. The summed E-state index contributed by atoms with van der Waals surface area (Å²) in [6, 6.07) is 38.5. The van der Waals surface area contributed by atoms with Crippen molar-refractivity contribution in [2.24, 2.45) is 0 Å². The molecule has 212 valence electrons.